The molecule has 1 saturated heterocycles. The minimum Gasteiger partial charge on any atom is -0.480 e. The fourth-order valence-corrected chi connectivity index (χ4v) is 2.55. The van der Waals surface area contributed by atoms with E-state index in [1.807, 2.05) is 13.8 Å². The number of halogens is 1. The molecule has 1 unspecified atom stereocenters. The molecule has 7 heteroatoms. The van der Waals surface area contributed by atoms with Crippen molar-refractivity contribution in [2.75, 3.05) is 13.2 Å². The van der Waals surface area contributed by atoms with Crippen molar-refractivity contribution < 1.29 is 19.4 Å². The van der Waals surface area contributed by atoms with E-state index in [1.165, 1.54) is 17.2 Å². The van der Waals surface area contributed by atoms with Gasteiger partial charge in [0, 0.05) is 12.7 Å². The number of carbonyl (C=O) groups is 2. The van der Waals surface area contributed by atoms with Crippen LogP contribution in [-0.4, -0.2) is 46.1 Å². The number of pyridine rings is 1. The predicted molar refractivity (Wildman–Crippen MR) is 81.3 cm³/mol. The first-order valence-electron chi connectivity index (χ1n) is 7.22. The Morgan fingerprint density at radius 1 is 1.55 bits per heavy atom. The van der Waals surface area contributed by atoms with Gasteiger partial charge in [-0.3, -0.25) is 4.79 Å². The normalized spacial score (nSPS) is 17.8. The number of aromatic nitrogens is 1. The van der Waals surface area contributed by atoms with Crippen LogP contribution in [0.5, 0.6) is 5.88 Å². The van der Waals surface area contributed by atoms with Crippen LogP contribution >= 0.6 is 11.6 Å². The summed E-state index contributed by atoms with van der Waals surface area (Å²) in [6, 6.07) is 0.701. The lowest BCUT2D eigenvalue weighted by Gasteiger charge is -2.21. The Morgan fingerprint density at radius 3 is 2.86 bits per heavy atom. The molecule has 1 amide bonds. The van der Waals surface area contributed by atoms with Crippen molar-refractivity contribution in [1.82, 2.24) is 9.88 Å². The highest BCUT2D eigenvalue weighted by Gasteiger charge is 2.34. The van der Waals surface area contributed by atoms with E-state index >= 15 is 0 Å². The van der Waals surface area contributed by atoms with Gasteiger partial charge in [0.1, 0.15) is 11.1 Å². The molecular formula is C15H19ClN2O4. The molecule has 6 nitrogen and oxygen atoms in total. The fraction of sp³-hybridized carbons (Fsp3) is 0.533. The molecule has 120 valence electrons. The van der Waals surface area contributed by atoms with Gasteiger partial charge in [-0.25, -0.2) is 9.78 Å². The average Bonchev–Trinajstić information content (AvgIpc) is 2.94. The molecule has 22 heavy (non-hydrogen) atoms. The number of hydrogen-bond donors (Lipinski definition) is 1. The molecule has 1 fully saturated rings. The summed E-state index contributed by atoms with van der Waals surface area (Å²) in [6.07, 6.45) is 2.53. The van der Waals surface area contributed by atoms with Crippen LogP contribution < -0.4 is 4.74 Å². The summed E-state index contributed by atoms with van der Waals surface area (Å²) in [6.45, 7) is 4.92. The topological polar surface area (TPSA) is 79.7 Å². The van der Waals surface area contributed by atoms with Gasteiger partial charge in [-0.05, 0) is 24.8 Å². The van der Waals surface area contributed by atoms with Gasteiger partial charge in [-0.15, -0.1) is 0 Å². The van der Waals surface area contributed by atoms with Crippen molar-refractivity contribution in [2.45, 2.75) is 32.7 Å². The highest BCUT2D eigenvalue weighted by atomic mass is 35.5. The van der Waals surface area contributed by atoms with Gasteiger partial charge >= 0.3 is 5.97 Å². The number of ether oxygens (including phenoxy) is 1. The maximum atomic E-state index is 12.4. The van der Waals surface area contributed by atoms with E-state index in [2.05, 4.69) is 4.98 Å². The molecule has 1 aliphatic rings. The minimum atomic E-state index is -0.984. The number of rotatable bonds is 5. The van der Waals surface area contributed by atoms with Crippen molar-refractivity contribution >= 4 is 23.5 Å². The third kappa shape index (κ3) is 3.68. The molecule has 1 atom stereocenters. The zero-order chi connectivity index (χ0) is 16.3. The van der Waals surface area contributed by atoms with Crippen molar-refractivity contribution in [3.8, 4) is 5.88 Å². The average molecular weight is 327 g/mol. The van der Waals surface area contributed by atoms with Crippen LogP contribution in [0.25, 0.3) is 0 Å². The Hall–Kier alpha value is -1.82. The smallest absolute Gasteiger partial charge is 0.326 e. The molecule has 0 saturated carbocycles. The van der Waals surface area contributed by atoms with Crippen LogP contribution in [0.2, 0.25) is 5.02 Å². The van der Waals surface area contributed by atoms with Crippen molar-refractivity contribution in [3.05, 3.63) is 22.8 Å². The van der Waals surface area contributed by atoms with Crippen LogP contribution in [0.3, 0.4) is 0 Å². The summed E-state index contributed by atoms with van der Waals surface area (Å²) in [5.41, 5.74) is 0.273. The summed E-state index contributed by atoms with van der Waals surface area (Å²) < 4.78 is 5.46. The molecule has 0 spiro atoms. The number of carbonyl (C=O) groups excluding carboxylic acids is 1. The Labute approximate surface area is 134 Å². The quantitative estimate of drug-likeness (QED) is 0.899. The van der Waals surface area contributed by atoms with Crippen LogP contribution in [0, 0.1) is 5.92 Å². The summed E-state index contributed by atoms with van der Waals surface area (Å²) in [4.78, 5) is 29.0. The second-order valence-electron chi connectivity index (χ2n) is 5.71. The second-order valence-corrected chi connectivity index (χ2v) is 6.12. The zero-order valence-corrected chi connectivity index (χ0v) is 13.3. The molecule has 1 aliphatic heterocycles. The summed E-state index contributed by atoms with van der Waals surface area (Å²) in [7, 11) is 0. The third-order valence-corrected chi connectivity index (χ3v) is 3.68. The lowest BCUT2D eigenvalue weighted by Crippen LogP contribution is -2.40. The van der Waals surface area contributed by atoms with Crippen LogP contribution in [0.4, 0.5) is 0 Å². The first-order chi connectivity index (χ1) is 10.4. The molecule has 0 radical (unpaired) electrons. The molecule has 1 N–H and O–H groups in total. The van der Waals surface area contributed by atoms with Crippen molar-refractivity contribution in [2.24, 2.45) is 5.92 Å². The van der Waals surface area contributed by atoms with E-state index in [0.717, 1.165) is 0 Å². The van der Waals surface area contributed by atoms with Gasteiger partial charge in [0.15, 0.2) is 0 Å². The Morgan fingerprint density at radius 2 is 2.27 bits per heavy atom. The Kier molecular flexibility index (Phi) is 5.24. The highest BCUT2D eigenvalue weighted by molar-refractivity contribution is 6.32. The van der Waals surface area contributed by atoms with E-state index in [4.69, 9.17) is 21.4 Å². The molecule has 2 rings (SSSR count). The van der Waals surface area contributed by atoms with Gasteiger partial charge < -0.3 is 14.7 Å². The van der Waals surface area contributed by atoms with Crippen molar-refractivity contribution in [3.63, 3.8) is 0 Å². The standard InChI is InChI=1S/C15H19ClN2O4/c1-9(2)8-22-13-11(16)6-10(7-17-13)14(19)18-5-3-4-12(18)15(20)21/h6-7,9,12H,3-5,8H2,1-2H3,(H,20,21). The molecular weight excluding hydrogens is 308 g/mol. The van der Waals surface area contributed by atoms with Crippen LogP contribution in [0.15, 0.2) is 12.3 Å². The number of likely N-dealkylation sites (tertiary alicyclic amines) is 1. The number of amides is 1. The van der Waals surface area contributed by atoms with Crippen molar-refractivity contribution in [1.29, 1.82) is 0 Å². The molecule has 0 aromatic carbocycles. The first-order valence-corrected chi connectivity index (χ1v) is 7.60. The van der Waals surface area contributed by atoms with E-state index in [-0.39, 0.29) is 22.4 Å². The first kappa shape index (κ1) is 16.5. The largest absolute Gasteiger partial charge is 0.480 e. The molecule has 2 heterocycles. The van der Waals surface area contributed by atoms with E-state index < -0.39 is 12.0 Å². The molecule has 0 bridgehead atoms. The number of carboxylic acids is 1. The van der Waals surface area contributed by atoms with Gasteiger partial charge in [0.25, 0.3) is 5.91 Å². The summed E-state index contributed by atoms with van der Waals surface area (Å²) in [5.74, 6) is -0.736. The third-order valence-electron chi connectivity index (χ3n) is 3.41. The van der Waals surface area contributed by atoms with Gasteiger partial charge in [0.2, 0.25) is 5.88 Å². The minimum absolute atomic E-state index is 0.248. The zero-order valence-electron chi connectivity index (χ0n) is 12.6. The maximum Gasteiger partial charge on any atom is 0.326 e. The Bertz CT molecular complexity index is 577. The number of aliphatic carboxylic acids is 1. The number of nitrogens with zero attached hydrogens (tertiary/aromatic N) is 2. The van der Waals surface area contributed by atoms with E-state index in [1.54, 1.807) is 0 Å². The SMILES string of the molecule is CC(C)COc1ncc(C(=O)N2CCCC2C(=O)O)cc1Cl. The monoisotopic (exact) mass is 326 g/mol. The fourth-order valence-electron chi connectivity index (χ4n) is 2.33. The molecule has 0 aliphatic carbocycles. The van der Waals surface area contributed by atoms with E-state index in [0.29, 0.717) is 31.9 Å². The number of carboxylic acid groups (broad SMARTS) is 1. The lowest BCUT2D eigenvalue weighted by atomic mass is 10.2. The van der Waals surface area contributed by atoms with Crippen LogP contribution in [-0.2, 0) is 4.79 Å². The maximum absolute atomic E-state index is 12.4. The van der Waals surface area contributed by atoms with Gasteiger partial charge in [0.05, 0.1) is 12.2 Å². The lowest BCUT2D eigenvalue weighted by molar-refractivity contribution is -0.141. The Balaban J connectivity index is 2.14. The molecule has 1 aromatic rings. The molecule has 1 aromatic heterocycles. The van der Waals surface area contributed by atoms with Crippen LogP contribution in [0.1, 0.15) is 37.0 Å². The summed E-state index contributed by atoms with van der Waals surface area (Å²) >= 11 is 6.09. The van der Waals surface area contributed by atoms with Gasteiger partial charge in [-0.1, -0.05) is 25.4 Å². The van der Waals surface area contributed by atoms with Gasteiger partial charge in [-0.2, -0.15) is 0 Å². The predicted octanol–water partition coefficient (Wildman–Crippen LogP) is 2.46. The number of hydrogen-bond acceptors (Lipinski definition) is 4. The van der Waals surface area contributed by atoms with E-state index in [9.17, 15) is 9.59 Å². The highest BCUT2D eigenvalue weighted by Crippen LogP contribution is 2.26. The summed E-state index contributed by atoms with van der Waals surface area (Å²) in [5, 5.41) is 9.39. The second kappa shape index (κ2) is 6.96.